The lowest BCUT2D eigenvalue weighted by atomic mass is 9.58. The Labute approximate surface area is 210 Å². The smallest absolute Gasteiger partial charge is 0.0719 e. The summed E-state index contributed by atoms with van der Waals surface area (Å²) in [6.07, 6.45) is 10.2. The average molecular weight is 463 g/mol. The van der Waals surface area contributed by atoms with Crippen LogP contribution in [0.3, 0.4) is 0 Å². The van der Waals surface area contributed by atoms with E-state index in [1.165, 1.54) is 90.6 Å². The van der Waals surface area contributed by atoms with E-state index < -0.39 is 0 Å². The molecular weight excluding hydrogens is 424 g/mol. The van der Waals surface area contributed by atoms with Crippen molar-refractivity contribution in [1.82, 2.24) is 0 Å². The Kier molecular flexibility index (Phi) is 4.40. The van der Waals surface area contributed by atoms with Crippen LogP contribution in [0.5, 0.6) is 0 Å². The zero-order chi connectivity index (χ0) is 23.9. The molecule has 2 heteroatoms. The van der Waals surface area contributed by atoms with Gasteiger partial charge in [0.05, 0.1) is 5.54 Å². The molecule has 2 nitrogen and oxygen atoms in total. The summed E-state index contributed by atoms with van der Waals surface area (Å²) in [5.41, 5.74) is 10.4. The van der Waals surface area contributed by atoms with Gasteiger partial charge < -0.3 is 10.6 Å². The number of nitrogens with one attached hydrogen (secondary N) is 2. The van der Waals surface area contributed by atoms with E-state index in [0.717, 1.165) is 0 Å². The highest BCUT2D eigenvalue weighted by Crippen LogP contribution is 2.60. The largest absolute Gasteiger partial charge is 0.379 e. The molecule has 4 atom stereocenters. The lowest BCUT2D eigenvalue weighted by Gasteiger charge is -2.48. The molecule has 4 unspecified atom stereocenters. The summed E-state index contributed by atoms with van der Waals surface area (Å²) in [5, 5.41) is 8.00. The Balaban J connectivity index is 1.33. The first-order valence-electron chi connectivity index (χ1n) is 13.8. The molecule has 3 aromatic rings. The molecule has 4 aliphatic rings. The van der Waals surface area contributed by atoms with E-state index in [1.54, 1.807) is 0 Å². The Bertz CT molecular complexity index is 1310. The minimum atomic E-state index is -0.00723. The first-order chi connectivity index (χ1) is 16.9. The molecule has 0 aromatic heterocycles. The van der Waals surface area contributed by atoms with Gasteiger partial charge in [-0.05, 0) is 84.7 Å². The molecule has 180 valence electrons. The van der Waals surface area contributed by atoms with Crippen LogP contribution >= 0.6 is 0 Å². The lowest BCUT2D eigenvalue weighted by Crippen LogP contribution is -2.50. The summed E-state index contributed by atoms with van der Waals surface area (Å²) in [7, 11) is 0. The van der Waals surface area contributed by atoms with Gasteiger partial charge in [-0.1, -0.05) is 82.0 Å². The molecule has 2 aliphatic carbocycles. The third kappa shape index (κ3) is 2.72. The van der Waals surface area contributed by atoms with Gasteiger partial charge in [-0.2, -0.15) is 0 Å². The highest BCUT2D eigenvalue weighted by atomic mass is 15.1. The van der Waals surface area contributed by atoms with Crippen molar-refractivity contribution in [3.63, 3.8) is 0 Å². The third-order valence-corrected chi connectivity index (χ3v) is 10.8. The van der Waals surface area contributed by atoms with Gasteiger partial charge in [-0.25, -0.2) is 0 Å². The van der Waals surface area contributed by atoms with E-state index in [1.807, 2.05) is 0 Å². The van der Waals surface area contributed by atoms with Gasteiger partial charge in [0, 0.05) is 27.7 Å². The molecule has 2 fully saturated rings. The SMILES string of the molecule is CC12CCCCC1(C)c1cc(-c3ccc4c(c3)C3(C)CCCCC3(c3ccccc3)N4)ccc1N2. The minimum Gasteiger partial charge on any atom is -0.379 e. The predicted octanol–water partition coefficient (Wildman–Crippen LogP) is 8.52. The molecule has 0 spiro atoms. The lowest BCUT2D eigenvalue weighted by molar-refractivity contribution is 0.196. The zero-order valence-corrected chi connectivity index (χ0v) is 21.5. The van der Waals surface area contributed by atoms with Crippen molar-refractivity contribution in [2.24, 2.45) is 0 Å². The van der Waals surface area contributed by atoms with E-state index in [2.05, 4.69) is 98.1 Å². The van der Waals surface area contributed by atoms with Crippen LogP contribution in [0.15, 0.2) is 66.7 Å². The van der Waals surface area contributed by atoms with E-state index in [4.69, 9.17) is 0 Å². The highest BCUT2D eigenvalue weighted by Gasteiger charge is 2.57. The fraction of sp³-hybridized carbons (Fsp3) is 0.455. The van der Waals surface area contributed by atoms with Crippen LogP contribution in [-0.4, -0.2) is 5.54 Å². The molecule has 2 aliphatic heterocycles. The minimum absolute atomic E-state index is 0.00723. The van der Waals surface area contributed by atoms with Crippen molar-refractivity contribution in [3.05, 3.63) is 83.4 Å². The summed E-state index contributed by atoms with van der Waals surface area (Å²) in [6, 6.07) is 25.6. The molecule has 0 saturated heterocycles. The van der Waals surface area contributed by atoms with Crippen molar-refractivity contribution in [1.29, 1.82) is 0 Å². The fourth-order valence-electron chi connectivity index (χ4n) is 8.43. The maximum Gasteiger partial charge on any atom is 0.0719 e. The van der Waals surface area contributed by atoms with Crippen molar-refractivity contribution < 1.29 is 0 Å². The third-order valence-electron chi connectivity index (χ3n) is 10.8. The standard InChI is InChI=1S/C33H38N2/c1-30-17-7-9-19-32(30,3)34-28-15-13-23(21-26(28)30)24-14-16-29-27(22-24)31(2)18-8-10-20-33(31,35-29)25-11-5-4-6-12-25/h4-6,11-16,21-22,34-35H,7-10,17-20H2,1-3H3. The van der Waals surface area contributed by atoms with Crippen LogP contribution in [0.4, 0.5) is 11.4 Å². The summed E-state index contributed by atoms with van der Waals surface area (Å²) < 4.78 is 0. The maximum atomic E-state index is 4.07. The Morgan fingerprint density at radius 3 is 1.86 bits per heavy atom. The molecule has 2 heterocycles. The predicted molar refractivity (Wildman–Crippen MR) is 147 cm³/mol. The van der Waals surface area contributed by atoms with Gasteiger partial charge in [0.2, 0.25) is 0 Å². The monoisotopic (exact) mass is 462 g/mol. The zero-order valence-electron chi connectivity index (χ0n) is 21.5. The maximum absolute atomic E-state index is 4.07. The number of hydrogen-bond acceptors (Lipinski definition) is 2. The van der Waals surface area contributed by atoms with E-state index in [-0.39, 0.29) is 21.9 Å². The molecule has 2 saturated carbocycles. The first-order valence-corrected chi connectivity index (χ1v) is 13.8. The number of fused-ring (bicyclic) bond motifs is 6. The Hall–Kier alpha value is -2.74. The van der Waals surface area contributed by atoms with Crippen LogP contribution in [0, 0.1) is 0 Å². The quantitative estimate of drug-likeness (QED) is 0.399. The van der Waals surface area contributed by atoms with E-state index in [9.17, 15) is 0 Å². The summed E-state index contributed by atoms with van der Waals surface area (Å²) in [4.78, 5) is 0. The van der Waals surface area contributed by atoms with Crippen molar-refractivity contribution in [2.45, 2.75) is 94.0 Å². The summed E-state index contributed by atoms with van der Waals surface area (Å²) >= 11 is 0. The number of rotatable bonds is 2. The molecule has 3 aromatic carbocycles. The molecule has 2 N–H and O–H groups in total. The van der Waals surface area contributed by atoms with Gasteiger partial charge in [-0.15, -0.1) is 0 Å². The normalized spacial score (nSPS) is 34.7. The molecule has 0 radical (unpaired) electrons. The Morgan fingerprint density at radius 1 is 0.571 bits per heavy atom. The molecule has 35 heavy (non-hydrogen) atoms. The van der Waals surface area contributed by atoms with Crippen LogP contribution in [-0.2, 0) is 16.4 Å². The van der Waals surface area contributed by atoms with Crippen LogP contribution < -0.4 is 10.6 Å². The molecule has 0 amide bonds. The van der Waals surface area contributed by atoms with Crippen LogP contribution in [0.25, 0.3) is 11.1 Å². The summed E-state index contributed by atoms with van der Waals surface area (Å²) in [5.74, 6) is 0. The molecule has 7 rings (SSSR count). The topological polar surface area (TPSA) is 24.1 Å². The Morgan fingerprint density at radius 2 is 1.14 bits per heavy atom. The second kappa shape index (κ2) is 7.15. The van der Waals surface area contributed by atoms with Gasteiger partial charge in [0.15, 0.2) is 0 Å². The van der Waals surface area contributed by atoms with E-state index >= 15 is 0 Å². The fourth-order valence-corrected chi connectivity index (χ4v) is 8.43. The van der Waals surface area contributed by atoms with Gasteiger partial charge >= 0.3 is 0 Å². The second-order valence-corrected chi connectivity index (χ2v) is 12.5. The van der Waals surface area contributed by atoms with Crippen molar-refractivity contribution in [2.75, 3.05) is 10.6 Å². The van der Waals surface area contributed by atoms with Crippen LogP contribution in [0.1, 0.15) is 88.8 Å². The number of benzene rings is 3. The average Bonchev–Trinajstić information content (AvgIpc) is 3.29. The van der Waals surface area contributed by atoms with Crippen molar-refractivity contribution >= 4 is 11.4 Å². The number of hydrogen-bond donors (Lipinski definition) is 2. The van der Waals surface area contributed by atoms with Gasteiger partial charge in [-0.3, -0.25) is 0 Å². The first kappa shape index (κ1) is 21.5. The second-order valence-electron chi connectivity index (χ2n) is 12.5. The molecular formula is C33H38N2. The highest BCUT2D eigenvalue weighted by molar-refractivity contribution is 5.78. The van der Waals surface area contributed by atoms with E-state index in [0.29, 0.717) is 0 Å². The van der Waals surface area contributed by atoms with Crippen molar-refractivity contribution in [3.8, 4) is 11.1 Å². The van der Waals surface area contributed by atoms with Gasteiger partial charge in [0.25, 0.3) is 0 Å². The number of anilines is 2. The summed E-state index contributed by atoms with van der Waals surface area (Å²) in [6.45, 7) is 7.46. The van der Waals surface area contributed by atoms with Gasteiger partial charge in [0.1, 0.15) is 0 Å². The molecule has 0 bridgehead atoms. The van der Waals surface area contributed by atoms with Crippen LogP contribution in [0.2, 0.25) is 0 Å².